The lowest BCUT2D eigenvalue weighted by Crippen LogP contribution is -2.41. The van der Waals surface area contributed by atoms with Crippen molar-refractivity contribution < 1.29 is 19.7 Å². The molecule has 16 heavy (non-hydrogen) atoms. The number of carbonyl (C=O) groups is 2. The highest BCUT2D eigenvalue weighted by Crippen LogP contribution is 2.20. The lowest BCUT2D eigenvalue weighted by atomic mass is 10.2. The highest BCUT2D eigenvalue weighted by Gasteiger charge is 2.28. The first kappa shape index (κ1) is 11.4. The molecule has 0 aliphatic rings. The van der Waals surface area contributed by atoms with Crippen LogP contribution in [0.1, 0.15) is 10.4 Å². The van der Waals surface area contributed by atoms with E-state index < -0.39 is 17.0 Å². The van der Waals surface area contributed by atoms with Crippen LogP contribution in [0.25, 0.3) is 0 Å². The Kier molecular flexibility index (Phi) is 3.04. The monoisotopic (exact) mass is 225 g/mol. The van der Waals surface area contributed by atoms with Crippen LogP contribution in [0.15, 0.2) is 24.3 Å². The summed E-state index contributed by atoms with van der Waals surface area (Å²) in [6.45, 7) is 0. The van der Waals surface area contributed by atoms with Gasteiger partial charge in [0.2, 0.25) is 0 Å². The first-order chi connectivity index (χ1) is 7.45. The molecule has 0 atom stereocenters. The van der Waals surface area contributed by atoms with Crippen LogP contribution in [0.3, 0.4) is 0 Å². The van der Waals surface area contributed by atoms with Gasteiger partial charge in [-0.05, 0) is 17.1 Å². The van der Waals surface area contributed by atoms with Crippen LogP contribution in [-0.4, -0.2) is 22.1 Å². The van der Waals surface area contributed by atoms with Crippen LogP contribution >= 0.6 is 0 Å². The standard InChI is InChI=1S/C8H7N3O5/c9-8(14)10(11(15)16)6-4-2-1-3-5(6)7(12)13/h1-4H,(H2,9,14)(H,12,13). The van der Waals surface area contributed by atoms with Crippen molar-refractivity contribution in [2.45, 2.75) is 0 Å². The Bertz CT molecular complexity index is 445. The fraction of sp³-hybridized carbons (Fsp3) is 0. The minimum Gasteiger partial charge on any atom is -0.478 e. The Balaban J connectivity index is 3.35. The van der Waals surface area contributed by atoms with Gasteiger partial charge >= 0.3 is 12.0 Å². The summed E-state index contributed by atoms with van der Waals surface area (Å²) in [5, 5.41) is 18.2. The summed E-state index contributed by atoms with van der Waals surface area (Å²) in [5.74, 6) is -1.39. The molecule has 0 aliphatic heterocycles. The molecule has 1 rings (SSSR count). The quantitative estimate of drug-likeness (QED) is 0.570. The van der Waals surface area contributed by atoms with Crippen LogP contribution in [0, 0.1) is 10.1 Å². The van der Waals surface area contributed by atoms with Crippen LogP contribution < -0.4 is 10.7 Å². The molecule has 8 heteroatoms. The Hall–Kier alpha value is -2.64. The summed E-state index contributed by atoms with van der Waals surface area (Å²) in [7, 11) is 0. The second-order valence-corrected chi connectivity index (χ2v) is 2.71. The lowest BCUT2D eigenvalue weighted by molar-refractivity contribution is -0.481. The first-order valence-electron chi connectivity index (χ1n) is 4.01. The number of urea groups is 1. The van der Waals surface area contributed by atoms with Gasteiger partial charge in [0.25, 0.3) is 0 Å². The third-order valence-electron chi connectivity index (χ3n) is 1.73. The van der Waals surface area contributed by atoms with E-state index >= 15 is 0 Å². The Morgan fingerprint density at radius 1 is 1.38 bits per heavy atom. The Morgan fingerprint density at radius 3 is 2.38 bits per heavy atom. The zero-order chi connectivity index (χ0) is 12.3. The summed E-state index contributed by atoms with van der Waals surface area (Å²) in [5.41, 5.74) is 4.03. The molecule has 0 heterocycles. The molecule has 1 aromatic carbocycles. The van der Waals surface area contributed by atoms with Crippen molar-refractivity contribution >= 4 is 17.7 Å². The summed E-state index contributed by atoms with van der Waals surface area (Å²) in [4.78, 5) is 32.2. The molecule has 3 N–H and O–H groups in total. The molecule has 0 saturated carbocycles. The van der Waals surface area contributed by atoms with Gasteiger partial charge in [0.05, 0.1) is 5.56 Å². The molecular formula is C8H7N3O5. The molecule has 0 fully saturated rings. The molecule has 0 spiro atoms. The number of primary amides is 1. The van der Waals surface area contributed by atoms with Gasteiger partial charge in [-0.1, -0.05) is 12.1 Å². The van der Waals surface area contributed by atoms with E-state index in [2.05, 4.69) is 0 Å². The predicted molar refractivity (Wildman–Crippen MR) is 52.5 cm³/mol. The van der Waals surface area contributed by atoms with Crippen molar-refractivity contribution in [1.29, 1.82) is 0 Å². The van der Waals surface area contributed by atoms with Crippen molar-refractivity contribution in [3.63, 3.8) is 0 Å². The normalized spacial score (nSPS) is 9.50. The minimum atomic E-state index is -1.39. The lowest BCUT2D eigenvalue weighted by Gasteiger charge is -2.11. The number of nitrogens with zero attached hydrogens (tertiary/aromatic N) is 2. The highest BCUT2D eigenvalue weighted by molar-refractivity contribution is 5.99. The second-order valence-electron chi connectivity index (χ2n) is 2.71. The van der Waals surface area contributed by atoms with E-state index in [0.717, 1.165) is 12.1 Å². The van der Waals surface area contributed by atoms with Crippen LogP contribution in [0.4, 0.5) is 10.5 Å². The van der Waals surface area contributed by atoms with E-state index in [4.69, 9.17) is 10.8 Å². The third kappa shape index (κ3) is 2.05. The Morgan fingerprint density at radius 2 is 1.94 bits per heavy atom. The molecule has 0 unspecified atom stereocenters. The van der Waals surface area contributed by atoms with E-state index in [1.165, 1.54) is 12.1 Å². The Labute approximate surface area is 89.0 Å². The number of carbonyl (C=O) groups excluding carboxylic acids is 1. The van der Waals surface area contributed by atoms with Crippen molar-refractivity contribution in [1.82, 2.24) is 0 Å². The molecule has 84 valence electrons. The molecule has 0 aliphatic carbocycles. The van der Waals surface area contributed by atoms with Crippen molar-refractivity contribution in [2.75, 3.05) is 5.01 Å². The number of hydrogen-bond donors (Lipinski definition) is 2. The number of hydrazine groups is 1. The maximum Gasteiger partial charge on any atom is 0.378 e. The van der Waals surface area contributed by atoms with Gasteiger partial charge in [-0.2, -0.15) is 0 Å². The fourth-order valence-corrected chi connectivity index (χ4v) is 1.13. The molecule has 2 amide bonds. The van der Waals surface area contributed by atoms with Gasteiger partial charge in [0.15, 0.2) is 5.03 Å². The summed E-state index contributed by atoms with van der Waals surface area (Å²) in [6.07, 6.45) is 0. The zero-order valence-corrected chi connectivity index (χ0v) is 7.86. The highest BCUT2D eigenvalue weighted by atomic mass is 16.7. The number of rotatable bonds is 3. The molecular weight excluding hydrogens is 218 g/mol. The van der Waals surface area contributed by atoms with E-state index in [0.29, 0.717) is 0 Å². The SMILES string of the molecule is NC(=O)N(c1ccccc1C(=O)O)[N+](=O)[O-]. The van der Waals surface area contributed by atoms with Crippen molar-refractivity contribution in [3.05, 3.63) is 39.9 Å². The number of anilines is 1. The molecule has 0 bridgehead atoms. The smallest absolute Gasteiger partial charge is 0.378 e. The van der Waals surface area contributed by atoms with Gasteiger partial charge in [-0.15, -0.1) is 0 Å². The van der Waals surface area contributed by atoms with Gasteiger partial charge in [0.1, 0.15) is 5.69 Å². The maximum atomic E-state index is 10.8. The average molecular weight is 225 g/mol. The number of carboxylic acids is 1. The molecule has 0 radical (unpaired) electrons. The number of amides is 2. The molecule has 0 saturated heterocycles. The number of carboxylic acid groups (broad SMARTS) is 1. The molecule has 1 aromatic rings. The first-order valence-corrected chi connectivity index (χ1v) is 4.01. The van der Waals surface area contributed by atoms with Crippen molar-refractivity contribution in [2.24, 2.45) is 5.73 Å². The second kappa shape index (κ2) is 4.26. The molecule has 8 nitrogen and oxygen atoms in total. The topological polar surface area (TPSA) is 127 Å². The van der Waals surface area contributed by atoms with Gasteiger partial charge in [-0.3, -0.25) is 0 Å². The average Bonchev–Trinajstić information content (AvgIpc) is 2.17. The fourth-order valence-electron chi connectivity index (χ4n) is 1.13. The van der Waals surface area contributed by atoms with E-state index in [1.54, 1.807) is 0 Å². The maximum absolute atomic E-state index is 10.8. The van der Waals surface area contributed by atoms with Gasteiger partial charge in [0, 0.05) is 0 Å². The number of nitrogens with two attached hydrogens (primary N) is 1. The van der Waals surface area contributed by atoms with Gasteiger partial charge in [-0.25, -0.2) is 19.7 Å². The van der Waals surface area contributed by atoms with Crippen LogP contribution in [0.2, 0.25) is 0 Å². The summed E-state index contributed by atoms with van der Waals surface area (Å²) in [6, 6.07) is 3.64. The predicted octanol–water partition coefficient (Wildman–Crippen LogP) is 0.462. The molecule has 0 aromatic heterocycles. The van der Waals surface area contributed by atoms with E-state index in [9.17, 15) is 19.7 Å². The number of hydrogen-bond acceptors (Lipinski definition) is 4. The van der Waals surface area contributed by atoms with E-state index in [-0.39, 0.29) is 16.3 Å². The summed E-state index contributed by atoms with van der Waals surface area (Å²) < 4.78 is 0. The van der Waals surface area contributed by atoms with Crippen LogP contribution in [0.5, 0.6) is 0 Å². The van der Waals surface area contributed by atoms with Crippen molar-refractivity contribution in [3.8, 4) is 0 Å². The van der Waals surface area contributed by atoms with E-state index in [1.807, 2.05) is 0 Å². The zero-order valence-electron chi connectivity index (χ0n) is 7.86. The van der Waals surface area contributed by atoms with Crippen LogP contribution in [-0.2, 0) is 0 Å². The summed E-state index contributed by atoms with van der Waals surface area (Å²) >= 11 is 0. The number of nitro groups is 1. The third-order valence-corrected chi connectivity index (χ3v) is 1.73. The number of aromatic carboxylic acids is 1. The number of benzene rings is 1. The largest absolute Gasteiger partial charge is 0.478 e. The minimum absolute atomic E-state index is 0.0244. The number of para-hydroxylation sites is 1. The van der Waals surface area contributed by atoms with Gasteiger partial charge < -0.3 is 10.8 Å².